The molecule has 0 spiro atoms. The molecular weight excluding hydrogens is 666 g/mol. The van der Waals surface area contributed by atoms with Crippen molar-refractivity contribution in [2.75, 3.05) is 54.1 Å². The molecule has 5 aromatic rings. The second-order valence-corrected chi connectivity index (χ2v) is 12.1. The molecule has 1 aliphatic heterocycles. The predicted octanol–water partition coefficient (Wildman–Crippen LogP) is 7.84. The molecule has 12 heteroatoms. The fraction of sp³-hybridized carbons (Fsp3) is 0.300. The number of nitrogens with zero attached hydrogens (tertiary/aromatic N) is 1. The van der Waals surface area contributed by atoms with E-state index in [9.17, 15) is 4.79 Å². The summed E-state index contributed by atoms with van der Waals surface area (Å²) in [6.45, 7) is 2.97. The van der Waals surface area contributed by atoms with Crippen LogP contribution in [0.3, 0.4) is 0 Å². The van der Waals surface area contributed by atoms with E-state index >= 15 is 0 Å². The average molecular weight is 710 g/mol. The number of ether oxygens (including phenoxy) is 7. The van der Waals surface area contributed by atoms with Crippen LogP contribution < -0.4 is 43.8 Å². The van der Waals surface area contributed by atoms with Gasteiger partial charge in [-0.25, -0.2) is 0 Å². The topological polar surface area (TPSA) is 132 Å². The molecule has 0 bridgehead atoms. The molecule has 52 heavy (non-hydrogen) atoms. The molecule has 272 valence electrons. The minimum Gasteiger partial charge on any atom is -0.493 e. The summed E-state index contributed by atoms with van der Waals surface area (Å²) in [4.78, 5) is 12.7. The molecule has 1 atom stereocenters. The second-order valence-electron chi connectivity index (χ2n) is 12.1. The van der Waals surface area contributed by atoms with Gasteiger partial charge in [-0.1, -0.05) is 22.9 Å². The van der Waals surface area contributed by atoms with Crippen LogP contribution in [0.1, 0.15) is 46.9 Å². The first-order valence-corrected chi connectivity index (χ1v) is 16.9. The number of unbranched alkanes of at least 4 members (excludes halogenated alkanes) is 2. The standard InChI is InChI=1S/C40H43N3O9/c1-24-10-13-29-28(18-24)40(44)42-39(41-29)26-12-15-32(34(20-26)46-3)50-16-8-7-9-17-51-35-19-25(11-14-31(35)45-2)33-23-30(43-52-33)27-21-36(47-4)38(49-6)37(22-27)48-5/h10-15,18-23,39,41H,7-9,16-17H2,1-6H3,(H,42,44). The molecular formula is C40H43N3O9. The lowest BCUT2D eigenvalue weighted by atomic mass is 10.0. The molecule has 0 fully saturated rings. The summed E-state index contributed by atoms with van der Waals surface area (Å²) < 4.78 is 45.5. The number of methoxy groups -OCH3 is 5. The van der Waals surface area contributed by atoms with Crippen LogP contribution in [0, 0.1) is 6.92 Å². The van der Waals surface area contributed by atoms with Gasteiger partial charge in [0.25, 0.3) is 5.91 Å². The Kier molecular flexibility index (Phi) is 11.2. The first-order chi connectivity index (χ1) is 25.3. The van der Waals surface area contributed by atoms with E-state index in [-0.39, 0.29) is 12.1 Å². The maximum atomic E-state index is 12.7. The number of hydrogen-bond acceptors (Lipinski definition) is 11. The Morgan fingerprint density at radius 1 is 0.635 bits per heavy atom. The van der Waals surface area contributed by atoms with E-state index in [1.807, 2.05) is 79.7 Å². The number of aryl methyl sites for hydroxylation is 1. The molecule has 0 aliphatic carbocycles. The quantitative estimate of drug-likeness (QED) is 0.0972. The number of amides is 1. The Labute approximate surface area is 302 Å². The van der Waals surface area contributed by atoms with Gasteiger partial charge in [0, 0.05) is 22.9 Å². The molecule has 1 aliphatic rings. The van der Waals surface area contributed by atoms with Crippen molar-refractivity contribution in [2.24, 2.45) is 0 Å². The zero-order valence-electron chi connectivity index (χ0n) is 30.2. The van der Waals surface area contributed by atoms with E-state index in [0.717, 1.165) is 47.2 Å². The summed E-state index contributed by atoms with van der Waals surface area (Å²) in [5.74, 6) is 4.46. The van der Waals surface area contributed by atoms with Crippen molar-refractivity contribution >= 4 is 11.6 Å². The van der Waals surface area contributed by atoms with E-state index in [4.69, 9.17) is 37.7 Å². The summed E-state index contributed by atoms with van der Waals surface area (Å²) in [5, 5.41) is 10.7. The van der Waals surface area contributed by atoms with Crippen LogP contribution in [0.25, 0.3) is 22.6 Å². The van der Waals surface area contributed by atoms with Crippen molar-refractivity contribution in [3.8, 4) is 62.8 Å². The molecule has 0 saturated carbocycles. The zero-order chi connectivity index (χ0) is 36.6. The minimum atomic E-state index is -0.383. The molecule has 12 nitrogen and oxygen atoms in total. The molecule has 1 aromatic heterocycles. The minimum absolute atomic E-state index is 0.116. The maximum absolute atomic E-state index is 12.7. The Balaban J connectivity index is 1.01. The Hall–Kier alpha value is -6.04. The van der Waals surface area contributed by atoms with Crippen molar-refractivity contribution in [1.29, 1.82) is 0 Å². The summed E-state index contributed by atoms with van der Waals surface area (Å²) >= 11 is 0. The van der Waals surface area contributed by atoms with E-state index in [0.29, 0.717) is 70.5 Å². The van der Waals surface area contributed by atoms with Crippen molar-refractivity contribution < 1.29 is 42.5 Å². The smallest absolute Gasteiger partial charge is 0.255 e. The number of carbonyl (C=O) groups excluding carboxylic acids is 1. The number of aromatic nitrogens is 1. The van der Waals surface area contributed by atoms with Gasteiger partial charge in [-0.05, 0) is 86.3 Å². The number of carbonyl (C=O) groups is 1. The van der Waals surface area contributed by atoms with Gasteiger partial charge in [0.05, 0.1) is 54.3 Å². The third-order valence-corrected chi connectivity index (χ3v) is 8.74. The molecule has 6 rings (SSSR count). The van der Waals surface area contributed by atoms with Crippen LogP contribution in [0.15, 0.2) is 77.3 Å². The highest BCUT2D eigenvalue weighted by atomic mass is 16.5. The van der Waals surface area contributed by atoms with Crippen molar-refractivity contribution in [3.05, 3.63) is 89.5 Å². The molecule has 0 radical (unpaired) electrons. The number of hydrogen-bond donors (Lipinski definition) is 2. The summed E-state index contributed by atoms with van der Waals surface area (Å²) in [6, 6.07) is 22.6. The van der Waals surface area contributed by atoms with Crippen molar-refractivity contribution in [3.63, 3.8) is 0 Å². The Bertz CT molecular complexity index is 2000. The maximum Gasteiger partial charge on any atom is 0.255 e. The number of fused-ring (bicyclic) bond motifs is 1. The van der Waals surface area contributed by atoms with Gasteiger partial charge in [-0.15, -0.1) is 0 Å². The normalized spacial score (nSPS) is 13.3. The number of nitrogens with one attached hydrogen (secondary N) is 2. The molecule has 4 aromatic carbocycles. The molecule has 2 N–H and O–H groups in total. The molecule has 2 heterocycles. The highest BCUT2D eigenvalue weighted by molar-refractivity contribution is 6.02. The summed E-state index contributed by atoms with van der Waals surface area (Å²) in [5.41, 5.74) is 5.48. The first kappa shape index (κ1) is 35.8. The highest BCUT2D eigenvalue weighted by Crippen LogP contribution is 2.42. The first-order valence-electron chi connectivity index (χ1n) is 16.9. The summed E-state index contributed by atoms with van der Waals surface area (Å²) in [6.07, 6.45) is 2.14. The zero-order valence-corrected chi connectivity index (χ0v) is 30.2. The van der Waals surface area contributed by atoms with Crippen LogP contribution in [-0.2, 0) is 0 Å². The average Bonchev–Trinajstić information content (AvgIpc) is 3.67. The van der Waals surface area contributed by atoms with Crippen LogP contribution >= 0.6 is 0 Å². The fourth-order valence-corrected chi connectivity index (χ4v) is 5.99. The highest BCUT2D eigenvalue weighted by Gasteiger charge is 2.25. The number of benzene rings is 4. The third-order valence-electron chi connectivity index (χ3n) is 8.74. The van der Waals surface area contributed by atoms with E-state index in [2.05, 4.69) is 15.8 Å². The third kappa shape index (κ3) is 7.80. The lowest BCUT2D eigenvalue weighted by Crippen LogP contribution is -2.38. The van der Waals surface area contributed by atoms with Crippen LogP contribution in [0.4, 0.5) is 5.69 Å². The lowest BCUT2D eigenvalue weighted by molar-refractivity contribution is 0.0935. The van der Waals surface area contributed by atoms with Gasteiger partial charge in [-0.2, -0.15) is 0 Å². The van der Waals surface area contributed by atoms with Gasteiger partial charge >= 0.3 is 0 Å². The Morgan fingerprint density at radius 3 is 2.00 bits per heavy atom. The molecule has 1 amide bonds. The fourth-order valence-electron chi connectivity index (χ4n) is 5.99. The van der Waals surface area contributed by atoms with Gasteiger partial charge in [-0.3, -0.25) is 4.79 Å². The molecule has 1 unspecified atom stereocenters. The predicted molar refractivity (Wildman–Crippen MR) is 196 cm³/mol. The number of anilines is 1. The SMILES string of the molecule is COc1cc(C2NC(=O)c3cc(C)ccc3N2)ccc1OCCCCCOc1cc(-c2cc(-c3cc(OC)c(OC)c(OC)c3)no2)ccc1OC. The van der Waals surface area contributed by atoms with Crippen molar-refractivity contribution in [2.45, 2.75) is 32.4 Å². The summed E-state index contributed by atoms with van der Waals surface area (Å²) in [7, 11) is 7.91. The van der Waals surface area contributed by atoms with Gasteiger partial charge < -0.3 is 48.3 Å². The van der Waals surface area contributed by atoms with E-state index < -0.39 is 0 Å². The Morgan fingerprint density at radius 2 is 1.31 bits per heavy atom. The largest absolute Gasteiger partial charge is 0.493 e. The van der Waals surface area contributed by atoms with Crippen molar-refractivity contribution in [1.82, 2.24) is 10.5 Å². The van der Waals surface area contributed by atoms with Crippen LogP contribution in [0.2, 0.25) is 0 Å². The van der Waals surface area contributed by atoms with Gasteiger partial charge in [0.15, 0.2) is 40.3 Å². The van der Waals surface area contributed by atoms with Crippen LogP contribution in [0.5, 0.6) is 40.2 Å². The van der Waals surface area contributed by atoms with Gasteiger partial charge in [0.1, 0.15) is 11.9 Å². The van der Waals surface area contributed by atoms with Crippen LogP contribution in [-0.4, -0.2) is 59.8 Å². The molecule has 0 saturated heterocycles. The van der Waals surface area contributed by atoms with E-state index in [1.165, 1.54) is 0 Å². The lowest BCUT2D eigenvalue weighted by Gasteiger charge is -2.28. The van der Waals surface area contributed by atoms with E-state index in [1.54, 1.807) is 35.5 Å². The number of rotatable bonds is 16. The van der Waals surface area contributed by atoms with Gasteiger partial charge in [0.2, 0.25) is 5.75 Å². The second kappa shape index (κ2) is 16.3. The monoisotopic (exact) mass is 709 g/mol.